The van der Waals surface area contributed by atoms with Crippen LogP contribution < -0.4 is 14.9 Å². The normalized spacial score (nSPS) is 10.9. The monoisotopic (exact) mass is 538 g/mol. The largest absolute Gasteiger partial charge is 0.496 e. The van der Waals surface area contributed by atoms with Crippen LogP contribution in [-0.4, -0.2) is 31.8 Å². The van der Waals surface area contributed by atoms with Gasteiger partial charge in [-0.15, -0.1) is 0 Å². The van der Waals surface area contributed by atoms with Gasteiger partial charge in [-0.2, -0.15) is 5.10 Å². The van der Waals surface area contributed by atoms with Crippen molar-refractivity contribution in [3.05, 3.63) is 93.5 Å². The zero-order valence-corrected chi connectivity index (χ0v) is 21.4. The molecule has 0 aliphatic rings. The van der Waals surface area contributed by atoms with Gasteiger partial charge in [0.05, 0.1) is 25.5 Å². The second-order valence-electron chi connectivity index (χ2n) is 8.09. The highest BCUT2D eigenvalue weighted by Crippen LogP contribution is 2.22. The third kappa shape index (κ3) is 7.96. The van der Waals surface area contributed by atoms with E-state index in [0.717, 1.165) is 15.6 Å². The maximum Gasteiger partial charge on any atom is 0.338 e. The standard InChI is InChI=1S/C27H27BrN2O5/c1-18(2)16-35-27(32)20-8-10-24(11-9-20)34-17-22-13-19(7-12-25(22)33-3)15-29-30-26(31)21-5-4-6-23(28)14-21/h4-15,18H,16-17H2,1-3H3,(H,30,31). The maximum absolute atomic E-state index is 12.2. The summed E-state index contributed by atoms with van der Waals surface area (Å²) in [4.78, 5) is 24.3. The summed E-state index contributed by atoms with van der Waals surface area (Å²) >= 11 is 3.35. The van der Waals surface area contributed by atoms with Gasteiger partial charge in [-0.3, -0.25) is 4.79 Å². The molecule has 0 fully saturated rings. The van der Waals surface area contributed by atoms with E-state index in [-0.39, 0.29) is 24.4 Å². The quantitative estimate of drug-likeness (QED) is 0.206. The number of nitrogens with one attached hydrogen (secondary N) is 1. The molecule has 0 atom stereocenters. The van der Waals surface area contributed by atoms with Crippen molar-refractivity contribution in [1.82, 2.24) is 5.43 Å². The predicted octanol–water partition coefficient (Wildman–Crippen LogP) is 5.61. The van der Waals surface area contributed by atoms with Crippen molar-refractivity contribution < 1.29 is 23.8 Å². The van der Waals surface area contributed by atoms with Crippen LogP contribution in [0.1, 0.15) is 45.7 Å². The van der Waals surface area contributed by atoms with Crippen LogP contribution in [-0.2, 0) is 11.3 Å². The molecule has 0 unspecified atom stereocenters. The van der Waals surface area contributed by atoms with E-state index in [2.05, 4.69) is 26.5 Å². The van der Waals surface area contributed by atoms with E-state index in [4.69, 9.17) is 14.2 Å². The fourth-order valence-corrected chi connectivity index (χ4v) is 3.42. The lowest BCUT2D eigenvalue weighted by molar-refractivity contribution is 0.0459. The summed E-state index contributed by atoms with van der Waals surface area (Å²) in [5, 5.41) is 4.05. The number of esters is 1. The average molecular weight is 539 g/mol. The van der Waals surface area contributed by atoms with Crippen LogP contribution in [0.3, 0.4) is 0 Å². The number of carbonyl (C=O) groups excluding carboxylic acids is 2. The van der Waals surface area contributed by atoms with Crippen LogP contribution >= 0.6 is 15.9 Å². The van der Waals surface area contributed by atoms with Crippen molar-refractivity contribution in [2.75, 3.05) is 13.7 Å². The van der Waals surface area contributed by atoms with Gasteiger partial charge in [0.2, 0.25) is 0 Å². The summed E-state index contributed by atoms with van der Waals surface area (Å²) < 4.78 is 17.4. The molecule has 8 heteroatoms. The first-order valence-corrected chi connectivity index (χ1v) is 11.8. The van der Waals surface area contributed by atoms with Gasteiger partial charge in [0, 0.05) is 15.6 Å². The Balaban J connectivity index is 1.61. The van der Waals surface area contributed by atoms with Crippen LogP contribution in [0.2, 0.25) is 0 Å². The first-order chi connectivity index (χ1) is 16.9. The van der Waals surface area contributed by atoms with Crippen molar-refractivity contribution in [1.29, 1.82) is 0 Å². The zero-order valence-electron chi connectivity index (χ0n) is 19.8. The van der Waals surface area contributed by atoms with Crippen LogP contribution in [0.15, 0.2) is 76.3 Å². The SMILES string of the molecule is COc1ccc(C=NNC(=O)c2cccc(Br)c2)cc1COc1ccc(C(=O)OCC(C)C)cc1. The molecular weight excluding hydrogens is 512 g/mol. The number of hydrazone groups is 1. The van der Waals surface area contributed by atoms with Crippen molar-refractivity contribution in [2.24, 2.45) is 11.0 Å². The van der Waals surface area contributed by atoms with Gasteiger partial charge < -0.3 is 14.2 Å². The third-order valence-corrected chi connectivity index (χ3v) is 5.30. The van der Waals surface area contributed by atoms with E-state index in [1.54, 1.807) is 55.8 Å². The first-order valence-electron chi connectivity index (χ1n) is 11.0. The molecule has 0 aliphatic carbocycles. The minimum absolute atomic E-state index is 0.242. The van der Waals surface area contributed by atoms with E-state index >= 15 is 0 Å². The van der Waals surface area contributed by atoms with Gasteiger partial charge in [-0.1, -0.05) is 35.8 Å². The second kappa shape index (κ2) is 12.7. The number of halogens is 1. The first kappa shape index (κ1) is 26.0. The summed E-state index contributed by atoms with van der Waals surface area (Å²) in [5.41, 5.74) is 5.06. The number of amides is 1. The van der Waals surface area contributed by atoms with Crippen molar-refractivity contribution in [2.45, 2.75) is 20.5 Å². The lowest BCUT2D eigenvalue weighted by Gasteiger charge is -2.12. The molecule has 1 N–H and O–H groups in total. The molecule has 7 nitrogen and oxygen atoms in total. The van der Waals surface area contributed by atoms with Gasteiger partial charge in [0.15, 0.2) is 0 Å². The van der Waals surface area contributed by atoms with Crippen LogP contribution in [0.5, 0.6) is 11.5 Å². The van der Waals surface area contributed by atoms with Crippen LogP contribution in [0.25, 0.3) is 0 Å². The molecule has 0 saturated heterocycles. The van der Waals surface area contributed by atoms with E-state index in [9.17, 15) is 9.59 Å². The number of carbonyl (C=O) groups is 2. The summed E-state index contributed by atoms with van der Waals surface area (Å²) in [6, 6.07) is 19.3. The molecule has 3 rings (SSSR count). The van der Waals surface area contributed by atoms with E-state index < -0.39 is 0 Å². The molecule has 0 saturated carbocycles. The Morgan fingerprint density at radius 1 is 1.03 bits per heavy atom. The predicted molar refractivity (Wildman–Crippen MR) is 138 cm³/mol. The maximum atomic E-state index is 12.2. The Labute approximate surface area is 213 Å². The molecular formula is C27H27BrN2O5. The lowest BCUT2D eigenvalue weighted by atomic mass is 10.1. The molecule has 0 radical (unpaired) electrons. The Morgan fingerprint density at radius 3 is 2.49 bits per heavy atom. The summed E-state index contributed by atoms with van der Waals surface area (Å²) in [5.74, 6) is 0.879. The topological polar surface area (TPSA) is 86.2 Å². The molecule has 35 heavy (non-hydrogen) atoms. The number of hydrogen-bond acceptors (Lipinski definition) is 6. The average Bonchev–Trinajstić information content (AvgIpc) is 2.86. The molecule has 0 aromatic heterocycles. The molecule has 3 aromatic carbocycles. The minimum atomic E-state index is -0.356. The fraction of sp³-hybridized carbons (Fsp3) is 0.222. The Hall–Kier alpha value is -3.65. The zero-order chi connectivity index (χ0) is 25.2. The number of hydrogen-bond donors (Lipinski definition) is 1. The number of nitrogens with zero attached hydrogens (tertiary/aromatic N) is 1. The second-order valence-corrected chi connectivity index (χ2v) is 9.00. The lowest BCUT2D eigenvalue weighted by Crippen LogP contribution is -2.17. The Morgan fingerprint density at radius 2 is 1.80 bits per heavy atom. The van der Waals surface area contributed by atoms with Crippen LogP contribution in [0.4, 0.5) is 0 Å². The molecule has 1 amide bonds. The van der Waals surface area contributed by atoms with Gasteiger partial charge in [-0.05, 0) is 72.1 Å². The molecule has 0 spiro atoms. The number of benzene rings is 3. The smallest absolute Gasteiger partial charge is 0.338 e. The van der Waals surface area contributed by atoms with E-state index in [0.29, 0.717) is 29.2 Å². The van der Waals surface area contributed by atoms with E-state index in [1.165, 1.54) is 0 Å². The van der Waals surface area contributed by atoms with Crippen molar-refractivity contribution in [3.63, 3.8) is 0 Å². The van der Waals surface area contributed by atoms with Gasteiger partial charge in [0.25, 0.3) is 5.91 Å². The van der Waals surface area contributed by atoms with Gasteiger partial charge in [-0.25, -0.2) is 10.2 Å². The Kier molecular flexibility index (Phi) is 9.43. The van der Waals surface area contributed by atoms with E-state index in [1.807, 2.05) is 38.1 Å². The molecule has 182 valence electrons. The summed E-state index contributed by atoms with van der Waals surface area (Å²) in [6.07, 6.45) is 1.55. The summed E-state index contributed by atoms with van der Waals surface area (Å²) in [7, 11) is 1.59. The summed E-state index contributed by atoms with van der Waals surface area (Å²) in [6.45, 7) is 4.59. The molecule has 0 aliphatic heterocycles. The van der Waals surface area contributed by atoms with Crippen molar-refractivity contribution >= 4 is 34.0 Å². The molecule has 0 bridgehead atoms. The number of ether oxygens (including phenoxy) is 3. The van der Waals surface area contributed by atoms with Crippen molar-refractivity contribution in [3.8, 4) is 11.5 Å². The molecule has 0 heterocycles. The highest BCUT2D eigenvalue weighted by Gasteiger charge is 2.10. The highest BCUT2D eigenvalue weighted by molar-refractivity contribution is 9.10. The van der Waals surface area contributed by atoms with Gasteiger partial charge in [0.1, 0.15) is 18.1 Å². The number of methoxy groups -OCH3 is 1. The fourth-order valence-electron chi connectivity index (χ4n) is 3.03. The third-order valence-electron chi connectivity index (χ3n) is 4.80. The number of rotatable bonds is 10. The van der Waals surface area contributed by atoms with Crippen LogP contribution in [0, 0.1) is 5.92 Å². The van der Waals surface area contributed by atoms with Gasteiger partial charge >= 0.3 is 5.97 Å². The highest BCUT2D eigenvalue weighted by atomic mass is 79.9. The minimum Gasteiger partial charge on any atom is -0.496 e. The Bertz CT molecular complexity index is 1190. The molecule has 3 aromatic rings.